The lowest BCUT2D eigenvalue weighted by Crippen LogP contribution is -2.42. The lowest BCUT2D eigenvalue weighted by molar-refractivity contribution is -0.137. The van der Waals surface area contributed by atoms with Gasteiger partial charge in [0, 0.05) is 13.1 Å². The van der Waals surface area contributed by atoms with Gasteiger partial charge in [0.15, 0.2) is 0 Å². The Bertz CT molecular complexity index is 516. The highest BCUT2D eigenvalue weighted by atomic mass is 19.4. The van der Waals surface area contributed by atoms with Crippen LogP contribution in [0.5, 0.6) is 0 Å². The highest BCUT2D eigenvalue weighted by molar-refractivity contribution is 5.94. The average molecular weight is 291 g/mol. The summed E-state index contributed by atoms with van der Waals surface area (Å²) in [7, 11) is 0. The van der Waals surface area contributed by atoms with Crippen LogP contribution in [0.4, 0.5) is 17.6 Å². The van der Waals surface area contributed by atoms with Crippen LogP contribution < -0.4 is 0 Å². The number of alkyl halides is 3. The molecule has 1 aliphatic heterocycles. The molecule has 1 aromatic carbocycles. The first-order valence-electron chi connectivity index (χ1n) is 6.13. The van der Waals surface area contributed by atoms with Crippen LogP contribution in [-0.2, 0) is 6.18 Å². The number of likely N-dealkylation sites (tertiary alicyclic amines) is 1. The fraction of sp³-hybridized carbons (Fsp3) is 0.462. The number of carbonyl (C=O) groups excluding carboxylic acids is 1. The van der Waals surface area contributed by atoms with Crippen LogP contribution in [0.3, 0.4) is 0 Å². The van der Waals surface area contributed by atoms with Crippen molar-refractivity contribution in [1.82, 2.24) is 4.90 Å². The standard InChI is InChI=1S/C13H13F4NO2/c14-11-4-3-8(13(15,16)17)6-10(11)12(20)18-5-1-2-9(19)7-18/h3-4,6,9,19H,1-2,5,7H2. The number of aliphatic hydroxyl groups excluding tert-OH is 1. The second kappa shape index (κ2) is 5.40. The molecule has 1 N–H and O–H groups in total. The van der Waals surface area contributed by atoms with E-state index >= 15 is 0 Å². The summed E-state index contributed by atoms with van der Waals surface area (Å²) in [5.74, 6) is -1.82. The Kier molecular flexibility index (Phi) is 3.99. The van der Waals surface area contributed by atoms with Crippen molar-refractivity contribution in [1.29, 1.82) is 0 Å². The van der Waals surface area contributed by atoms with Crippen molar-refractivity contribution in [2.24, 2.45) is 0 Å². The number of β-amino-alcohol motifs (C(OH)–C–C–N with tert-alkyl or cyclic N) is 1. The second-order valence-electron chi connectivity index (χ2n) is 4.74. The summed E-state index contributed by atoms with van der Waals surface area (Å²) in [5, 5.41) is 9.46. The van der Waals surface area contributed by atoms with Crippen molar-refractivity contribution in [3.63, 3.8) is 0 Å². The number of rotatable bonds is 1. The molecular formula is C13H13F4NO2. The minimum atomic E-state index is -4.63. The van der Waals surface area contributed by atoms with Crippen molar-refractivity contribution < 1.29 is 27.5 Å². The average Bonchev–Trinajstić information content (AvgIpc) is 2.37. The summed E-state index contributed by atoms with van der Waals surface area (Å²) in [4.78, 5) is 13.2. The largest absolute Gasteiger partial charge is 0.416 e. The van der Waals surface area contributed by atoms with E-state index in [0.29, 0.717) is 37.6 Å². The quantitative estimate of drug-likeness (QED) is 0.807. The number of carbonyl (C=O) groups is 1. The third-order valence-electron chi connectivity index (χ3n) is 3.21. The fourth-order valence-corrected chi connectivity index (χ4v) is 2.18. The maximum Gasteiger partial charge on any atom is 0.416 e. The first-order chi connectivity index (χ1) is 9.29. The van der Waals surface area contributed by atoms with E-state index in [-0.39, 0.29) is 6.54 Å². The molecule has 0 spiro atoms. The Morgan fingerprint density at radius 1 is 1.35 bits per heavy atom. The number of amides is 1. The highest BCUT2D eigenvalue weighted by Gasteiger charge is 2.33. The minimum absolute atomic E-state index is 0.00845. The van der Waals surface area contributed by atoms with Crippen molar-refractivity contribution in [3.8, 4) is 0 Å². The molecule has 1 aliphatic rings. The van der Waals surface area contributed by atoms with E-state index in [1.165, 1.54) is 4.90 Å². The predicted octanol–water partition coefficient (Wildman–Crippen LogP) is 2.44. The minimum Gasteiger partial charge on any atom is -0.391 e. The molecule has 1 atom stereocenters. The van der Waals surface area contributed by atoms with Crippen molar-refractivity contribution in [2.45, 2.75) is 25.1 Å². The Morgan fingerprint density at radius 3 is 2.65 bits per heavy atom. The zero-order valence-electron chi connectivity index (χ0n) is 10.5. The normalized spacial score (nSPS) is 20.1. The molecule has 1 fully saturated rings. The topological polar surface area (TPSA) is 40.5 Å². The Balaban J connectivity index is 2.29. The molecule has 1 aromatic rings. The van der Waals surface area contributed by atoms with Crippen LogP contribution in [0, 0.1) is 5.82 Å². The maximum atomic E-state index is 13.6. The van der Waals surface area contributed by atoms with Gasteiger partial charge in [-0.25, -0.2) is 4.39 Å². The van der Waals surface area contributed by atoms with Gasteiger partial charge in [0.05, 0.1) is 17.2 Å². The number of nitrogens with zero attached hydrogens (tertiary/aromatic N) is 1. The van der Waals surface area contributed by atoms with Crippen LogP contribution in [-0.4, -0.2) is 35.1 Å². The van der Waals surface area contributed by atoms with Crippen LogP contribution in [0.15, 0.2) is 18.2 Å². The van der Waals surface area contributed by atoms with Crippen LogP contribution in [0.25, 0.3) is 0 Å². The first-order valence-corrected chi connectivity index (χ1v) is 6.13. The Labute approximate surface area is 112 Å². The molecule has 0 radical (unpaired) electrons. The Hall–Kier alpha value is -1.63. The zero-order valence-corrected chi connectivity index (χ0v) is 10.5. The van der Waals surface area contributed by atoms with E-state index in [1.54, 1.807) is 0 Å². The van der Waals surface area contributed by atoms with Gasteiger partial charge in [-0.3, -0.25) is 4.79 Å². The molecule has 110 valence electrons. The molecule has 20 heavy (non-hydrogen) atoms. The van der Waals surface area contributed by atoms with Gasteiger partial charge < -0.3 is 10.0 Å². The molecule has 7 heteroatoms. The predicted molar refractivity (Wildman–Crippen MR) is 62.5 cm³/mol. The number of piperidine rings is 1. The molecule has 0 aliphatic carbocycles. The summed E-state index contributed by atoms with van der Waals surface area (Å²) in [5.41, 5.74) is -1.69. The zero-order chi connectivity index (χ0) is 14.9. The van der Waals surface area contributed by atoms with Gasteiger partial charge in [0.25, 0.3) is 5.91 Å². The summed E-state index contributed by atoms with van der Waals surface area (Å²) in [6.07, 6.45) is -4.30. The van der Waals surface area contributed by atoms with Crippen LogP contribution >= 0.6 is 0 Å². The van der Waals surface area contributed by atoms with Crippen molar-refractivity contribution in [3.05, 3.63) is 35.1 Å². The number of halogens is 4. The molecule has 1 unspecified atom stereocenters. The first kappa shape index (κ1) is 14.8. The number of hydrogen-bond acceptors (Lipinski definition) is 2. The van der Waals surface area contributed by atoms with Gasteiger partial charge in [-0.2, -0.15) is 13.2 Å². The molecule has 0 bridgehead atoms. The maximum absolute atomic E-state index is 13.6. The number of aliphatic hydroxyl groups is 1. The summed E-state index contributed by atoms with van der Waals surface area (Å²) >= 11 is 0. The van der Waals surface area contributed by atoms with Gasteiger partial charge >= 0.3 is 6.18 Å². The lowest BCUT2D eigenvalue weighted by Gasteiger charge is -2.30. The number of benzene rings is 1. The summed E-state index contributed by atoms with van der Waals surface area (Å²) in [6.45, 7) is 0.306. The molecule has 0 saturated carbocycles. The smallest absolute Gasteiger partial charge is 0.391 e. The monoisotopic (exact) mass is 291 g/mol. The van der Waals surface area contributed by atoms with E-state index in [1.807, 2.05) is 0 Å². The second-order valence-corrected chi connectivity index (χ2v) is 4.74. The van der Waals surface area contributed by atoms with Crippen molar-refractivity contribution >= 4 is 5.91 Å². The molecule has 0 aromatic heterocycles. The van der Waals surface area contributed by atoms with Gasteiger partial charge in [-0.1, -0.05) is 0 Å². The van der Waals surface area contributed by atoms with E-state index < -0.39 is 35.1 Å². The van der Waals surface area contributed by atoms with Crippen molar-refractivity contribution in [2.75, 3.05) is 13.1 Å². The molecule has 1 heterocycles. The third kappa shape index (κ3) is 3.09. The highest BCUT2D eigenvalue weighted by Crippen LogP contribution is 2.30. The van der Waals surface area contributed by atoms with Gasteiger partial charge in [0.2, 0.25) is 0 Å². The lowest BCUT2D eigenvalue weighted by atomic mass is 10.0. The van der Waals surface area contributed by atoms with E-state index in [2.05, 4.69) is 0 Å². The molecule has 1 amide bonds. The van der Waals surface area contributed by atoms with E-state index in [4.69, 9.17) is 0 Å². The number of hydrogen-bond donors (Lipinski definition) is 1. The van der Waals surface area contributed by atoms with Gasteiger partial charge in [-0.15, -0.1) is 0 Å². The summed E-state index contributed by atoms with van der Waals surface area (Å²) in [6, 6.07) is 1.74. The van der Waals surface area contributed by atoms with E-state index in [0.717, 1.165) is 0 Å². The van der Waals surface area contributed by atoms with E-state index in [9.17, 15) is 27.5 Å². The fourth-order valence-electron chi connectivity index (χ4n) is 2.18. The van der Waals surface area contributed by atoms with Gasteiger partial charge in [0.1, 0.15) is 5.82 Å². The molecule has 1 saturated heterocycles. The van der Waals surface area contributed by atoms with Gasteiger partial charge in [-0.05, 0) is 31.0 Å². The molecule has 3 nitrogen and oxygen atoms in total. The summed E-state index contributed by atoms with van der Waals surface area (Å²) < 4.78 is 51.3. The van der Waals surface area contributed by atoms with Crippen LogP contribution in [0.2, 0.25) is 0 Å². The van der Waals surface area contributed by atoms with Crippen LogP contribution in [0.1, 0.15) is 28.8 Å². The SMILES string of the molecule is O=C(c1cc(C(F)(F)F)ccc1F)N1CCCC(O)C1. The Morgan fingerprint density at radius 2 is 2.05 bits per heavy atom. The third-order valence-corrected chi connectivity index (χ3v) is 3.21. The molecule has 2 rings (SSSR count). The molecular weight excluding hydrogens is 278 g/mol.